The second kappa shape index (κ2) is 6.07. The molecule has 1 heterocycles. The van der Waals surface area contributed by atoms with Gasteiger partial charge < -0.3 is 5.11 Å². The maximum atomic E-state index is 12.1. The summed E-state index contributed by atoms with van der Waals surface area (Å²) in [6.45, 7) is -0.959. The van der Waals surface area contributed by atoms with E-state index in [1.807, 2.05) is 0 Å². The van der Waals surface area contributed by atoms with E-state index in [2.05, 4.69) is 15.5 Å². The third-order valence-corrected chi connectivity index (χ3v) is 2.49. The first-order valence-corrected chi connectivity index (χ1v) is 5.66. The summed E-state index contributed by atoms with van der Waals surface area (Å²) < 4.78 is 36.2. The van der Waals surface area contributed by atoms with Crippen LogP contribution in [0.3, 0.4) is 0 Å². The van der Waals surface area contributed by atoms with Crippen molar-refractivity contribution in [1.29, 1.82) is 0 Å². The largest absolute Gasteiger partial charge is 0.415 e. The molecule has 1 amide bonds. The van der Waals surface area contributed by atoms with Crippen LogP contribution in [0.5, 0.6) is 0 Å². The van der Waals surface area contributed by atoms with Crippen LogP contribution in [-0.2, 0) is 4.79 Å². The van der Waals surface area contributed by atoms with Gasteiger partial charge in [0.25, 0.3) is 0 Å². The smallest absolute Gasteiger partial charge is 0.382 e. The molecule has 0 aliphatic heterocycles. The van der Waals surface area contributed by atoms with E-state index in [-0.39, 0.29) is 11.7 Å². The number of likely N-dealkylation sites (N-methyl/N-ethyl adjacent to an activating group) is 1. The summed E-state index contributed by atoms with van der Waals surface area (Å²) in [5, 5.41) is 18.5. The van der Waals surface area contributed by atoms with Crippen molar-refractivity contribution in [3.05, 3.63) is 5.51 Å². The lowest BCUT2D eigenvalue weighted by Crippen LogP contribution is -2.42. The van der Waals surface area contributed by atoms with Gasteiger partial charge in [0, 0.05) is 6.54 Å². The number of hydrogen-bond donors (Lipinski definition) is 2. The van der Waals surface area contributed by atoms with Crippen LogP contribution in [0.4, 0.5) is 18.3 Å². The predicted octanol–water partition coefficient (Wildman–Crippen LogP) is 0.332. The lowest BCUT2D eigenvalue weighted by Gasteiger charge is -2.21. The average molecular weight is 284 g/mol. The van der Waals surface area contributed by atoms with E-state index in [4.69, 9.17) is 5.11 Å². The van der Waals surface area contributed by atoms with Gasteiger partial charge in [-0.2, -0.15) is 13.2 Å². The molecule has 1 aromatic heterocycles. The summed E-state index contributed by atoms with van der Waals surface area (Å²) in [5.41, 5.74) is 1.41. The van der Waals surface area contributed by atoms with E-state index in [0.29, 0.717) is 0 Å². The Bertz CT molecular complexity index is 384. The fourth-order valence-electron chi connectivity index (χ4n) is 1.09. The number of alkyl halides is 3. The third kappa shape index (κ3) is 4.94. The monoisotopic (exact) mass is 284 g/mol. The Morgan fingerprint density at radius 1 is 1.67 bits per heavy atom. The molecule has 2 N–H and O–H groups in total. The number of halogens is 3. The molecule has 18 heavy (non-hydrogen) atoms. The Balaban J connectivity index is 2.36. The minimum absolute atomic E-state index is 0.268. The predicted molar refractivity (Wildman–Crippen MR) is 58.1 cm³/mol. The van der Waals surface area contributed by atoms with Gasteiger partial charge in [0.15, 0.2) is 6.10 Å². The van der Waals surface area contributed by atoms with Crippen LogP contribution in [0.15, 0.2) is 5.51 Å². The Hall–Kier alpha value is -1.26. The van der Waals surface area contributed by atoms with Gasteiger partial charge in [-0.25, -0.2) is 0 Å². The van der Waals surface area contributed by atoms with Gasteiger partial charge in [0.2, 0.25) is 11.0 Å². The molecule has 1 unspecified atom stereocenters. The van der Waals surface area contributed by atoms with Crippen LogP contribution in [0.1, 0.15) is 0 Å². The van der Waals surface area contributed by atoms with Gasteiger partial charge >= 0.3 is 6.18 Å². The zero-order valence-corrected chi connectivity index (χ0v) is 10.1. The summed E-state index contributed by atoms with van der Waals surface area (Å²) >= 11 is 1.09. The van der Waals surface area contributed by atoms with Crippen LogP contribution in [0.25, 0.3) is 0 Å². The molecule has 0 radical (unpaired) electrons. The summed E-state index contributed by atoms with van der Waals surface area (Å²) in [7, 11) is 1.30. The Morgan fingerprint density at radius 3 is 2.83 bits per heavy atom. The highest BCUT2D eigenvalue weighted by atomic mass is 32.1. The van der Waals surface area contributed by atoms with E-state index >= 15 is 0 Å². The van der Waals surface area contributed by atoms with Gasteiger partial charge in [-0.15, -0.1) is 10.2 Å². The topological polar surface area (TPSA) is 78.4 Å². The third-order valence-electron chi connectivity index (χ3n) is 1.88. The molecule has 10 heteroatoms. The van der Waals surface area contributed by atoms with E-state index < -0.39 is 24.7 Å². The van der Waals surface area contributed by atoms with Gasteiger partial charge in [-0.1, -0.05) is 11.3 Å². The Kier molecular flexibility index (Phi) is 4.99. The fraction of sp³-hybridized carbons (Fsp3) is 0.625. The zero-order chi connectivity index (χ0) is 13.8. The van der Waals surface area contributed by atoms with Crippen molar-refractivity contribution in [1.82, 2.24) is 15.1 Å². The molecule has 0 aromatic carbocycles. The van der Waals surface area contributed by atoms with Crippen molar-refractivity contribution in [2.75, 3.05) is 25.5 Å². The zero-order valence-electron chi connectivity index (χ0n) is 9.31. The first kappa shape index (κ1) is 14.8. The molecule has 0 saturated carbocycles. The van der Waals surface area contributed by atoms with E-state index in [0.717, 1.165) is 16.2 Å². The van der Waals surface area contributed by atoms with Gasteiger partial charge in [0.05, 0.1) is 6.54 Å². The fourth-order valence-corrected chi connectivity index (χ4v) is 1.56. The molecule has 1 rings (SSSR count). The quantitative estimate of drug-likeness (QED) is 0.815. The Labute approximate surface area is 104 Å². The molecule has 1 atom stereocenters. The number of hydrogen-bond acceptors (Lipinski definition) is 6. The first-order chi connectivity index (χ1) is 8.29. The molecule has 6 nitrogen and oxygen atoms in total. The van der Waals surface area contributed by atoms with E-state index in [1.165, 1.54) is 12.6 Å². The lowest BCUT2D eigenvalue weighted by molar-refractivity contribution is -0.207. The van der Waals surface area contributed by atoms with Gasteiger partial charge in [-0.05, 0) is 7.05 Å². The number of carbonyl (C=O) groups excluding carboxylic acids is 1. The number of aliphatic hydroxyl groups excluding tert-OH is 1. The van der Waals surface area contributed by atoms with E-state index in [9.17, 15) is 18.0 Å². The number of amides is 1. The van der Waals surface area contributed by atoms with Crippen molar-refractivity contribution in [3.63, 3.8) is 0 Å². The highest BCUT2D eigenvalue weighted by Gasteiger charge is 2.38. The number of carbonyl (C=O) groups is 1. The molecule has 0 saturated heterocycles. The molecule has 0 bridgehead atoms. The maximum absolute atomic E-state index is 12.1. The molecular formula is C8H11F3N4O2S. The van der Waals surface area contributed by atoms with Crippen molar-refractivity contribution < 1.29 is 23.1 Å². The maximum Gasteiger partial charge on any atom is 0.415 e. The van der Waals surface area contributed by atoms with Crippen molar-refractivity contribution >= 4 is 22.4 Å². The van der Waals surface area contributed by atoms with Crippen LogP contribution < -0.4 is 5.32 Å². The van der Waals surface area contributed by atoms with Gasteiger partial charge in [-0.3, -0.25) is 15.0 Å². The number of aliphatic hydroxyl groups is 1. The number of aromatic nitrogens is 2. The van der Waals surface area contributed by atoms with Crippen LogP contribution in [0, 0.1) is 0 Å². The molecule has 0 fully saturated rings. The molecule has 0 aliphatic rings. The number of nitrogens with one attached hydrogen (secondary N) is 1. The summed E-state index contributed by atoms with van der Waals surface area (Å²) in [6.07, 6.45) is -7.17. The lowest BCUT2D eigenvalue weighted by atomic mass is 10.3. The van der Waals surface area contributed by atoms with Crippen molar-refractivity contribution in [2.24, 2.45) is 0 Å². The average Bonchev–Trinajstić information content (AvgIpc) is 2.67. The highest BCUT2D eigenvalue weighted by molar-refractivity contribution is 7.13. The SMILES string of the molecule is CN(CC(=O)Nc1nncs1)CC(O)C(F)(F)F. The standard InChI is InChI=1S/C8H11F3N4O2S/c1-15(2-5(16)8(9,10)11)3-6(17)13-7-14-12-4-18-7/h4-5,16H,2-3H2,1H3,(H,13,14,17). The summed E-state index contributed by atoms with van der Waals surface area (Å²) in [6, 6.07) is 0. The minimum Gasteiger partial charge on any atom is -0.382 e. The highest BCUT2D eigenvalue weighted by Crippen LogP contribution is 2.20. The molecule has 1 aromatic rings. The van der Waals surface area contributed by atoms with Crippen molar-refractivity contribution in [3.8, 4) is 0 Å². The van der Waals surface area contributed by atoms with Crippen LogP contribution in [-0.4, -0.2) is 58.5 Å². The number of anilines is 1. The second-order valence-electron chi connectivity index (χ2n) is 3.55. The Morgan fingerprint density at radius 2 is 2.33 bits per heavy atom. The van der Waals surface area contributed by atoms with Crippen LogP contribution >= 0.6 is 11.3 Å². The second-order valence-corrected chi connectivity index (χ2v) is 4.38. The van der Waals surface area contributed by atoms with E-state index in [1.54, 1.807) is 0 Å². The van der Waals surface area contributed by atoms with Crippen LogP contribution in [0.2, 0.25) is 0 Å². The summed E-state index contributed by atoms with van der Waals surface area (Å²) in [4.78, 5) is 12.4. The van der Waals surface area contributed by atoms with Crippen molar-refractivity contribution in [2.45, 2.75) is 12.3 Å². The minimum atomic E-state index is -4.69. The number of nitrogens with zero attached hydrogens (tertiary/aromatic N) is 3. The number of rotatable bonds is 5. The van der Waals surface area contributed by atoms with Gasteiger partial charge in [0.1, 0.15) is 5.51 Å². The summed E-state index contributed by atoms with van der Waals surface area (Å²) in [5.74, 6) is -0.524. The molecule has 102 valence electrons. The molecule has 0 spiro atoms. The molecular weight excluding hydrogens is 273 g/mol. The normalized spacial score (nSPS) is 13.7. The molecule has 0 aliphatic carbocycles. The first-order valence-electron chi connectivity index (χ1n) is 4.78.